The van der Waals surface area contributed by atoms with E-state index in [1.807, 2.05) is 0 Å². The molecule has 0 saturated heterocycles. The number of hydrogen-bond donors (Lipinski definition) is 1. The van der Waals surface area contributed by atoms with Gasteiger partial charge in [-0.1, -0.05) is 0 Å². The first-order valence-electron chi connectivity index (χ1n) is 1.47. The van der Waals surface area contributed by atoms with Gasteiger partial charge in [0.1, 0.15) is 0 Å². The Morgan fingerprint density at radius 1 is 1.83 bits per heavy atom. The molecule has 0 aliphatic rings. The standard InChI is InChI=1S/C3H3NOSe/c5-3-1-4-2-6-3/h1-2,5H. The van der Waals surface area contributed by atoms with Crippen molar-refractivity contribution in [2.24, 2.45) is 0 Å². The van der Waals surface area contributed by atoms with Crippen molar-refractivity contribution in [1.29, 1.82) is 0 Å². The summed E-state index contributed by atoms with van der Waals surface area (Å²) in [4.78, 5) is 3.66. The molecule has 0 fully saturated rings. The molecule has 1 N–H and O–H groups in total. The molecule has 32 valence electrons. The molecule has 0 amide bonds. The molecule has 0 atom stereocenters. The van der Waals surface area contributed by atoms with Crippen LogP contribution in [0.25, 0.3) is 0 Å². The molecule has 0 saturated carbocycles. The van der Waals surface area contributed by atoms with E-state index in [0.29, 0.717) is 4.62 Å². The maximum atomic E-state index is 8.49. The molecular weight excluding hydrogens is 145 g/mol. The van der Waals surface area contributed by atoms with Crippen LogP contribution in [0.3, 0.4) is 0 Å². The summed E-state index contributed by atoms with van der Waals surface area (Å²) >= 11 is 0.153. The molecule has 1 aromatic heterocycles. The summed E-state index contributed by atoms with van der Waals surface area (Å²) < 4.78 is 0.419. The summed E-state index contributed by atoms with van der Waals surface area (Å²) in [5.41, 5.74) is 0. The molecule has 0 radical (unpaired) electrons. The zero-order valence-electron chi connectivity index (χ0n) is 2.96. The Labute approximate surface area is 41.2 Å². The van der Waals surface area contributed by atoms with Crippen LogP contribution in [0.1, 0.15) is 0 Å². The molecule has 0 spiro atoms. The fourth-order valence-corrected chi connectivity index (χ4v) is 0.946. The van der Waals surface area contributed by atoms with E-state index in [0.717, 1.165) is 0 Å². The van der Waals surface area contributed by atoms with E-state index >= 15 is 0 Å². The molecule has 6 heavy (non-hydrogen) atoms. The second-order valence-electron chi connectivity index (χ2n) is 0.840. The molecule has 0 bridgehead atoms. The van der Waals surface area contributed by atoms with Crippen molar-refractivity contribution in [3.8, 4) is 4.62 Å². The summed E-state index contributed by atoms with van der Waals surface area (Å²) in [6.07, 6.45) is 1.47. The summed E-state index contributed by atoms with van der Waals surface area (Å²) in [7, 11) is 0. The van der Waals surface area contributed by atoms with Gasteiger partial charge in [0.2, 0.25) is 0 Å². The Hall–Kier alpha value is -0.271. The van der Waals surface area contributed by atoms with Crippen LogP contribution in [-0.2, 0) is 0 Å². The third-order valence-corrected chi connectivity index (χ3v) is 1.62. The molecule has 3 heteroatoms. The second kappa shape index (κ2) is 1.45. The number of nitrogens with zero attached hydrogens (tertiary/aromatic N) is 1. The molecule has 0 unspecified atom stereocenters. The van der Waals surface area contributed by atoms with Crippen molar-refractivity contribution in [1.82, 2.24) is 4.98 Å². The van der Waals surface area contributed by atoms with Gasteiger partial charge in [0.05, 0.1) is 0 Å². The van der Waals surface area contributed by atoms with Crippen molar-refractivity contribution in [3.05, 3.63) is 11.3 Å². The molecule has 1 aromatic rings. The summed E-state index contributed by atoms with van der Waals surface area (Å²) in [6.45, 7) is 0. The third-order valence-electron chi connectivity index (χ3n) is 0.419. The average Bonchev–Trinajstić information content (AvgIpc) is 1.86. The van der Waals surface area contributed by atoms with Crippen molar-refractivity contribution >= 4 is 14.5 Å². The zero-order chi connectivity index (χ0) is 4.41. The van der Waals surface area contributed by atoms with E-state index in [1.165, 1.54) is 6.20 Å². The predicted octanol–water partition coefficient (Wildman–Crippen LogP) is -0.156. The van der Waals surface area contributed by atoms with Crippen molar-refractivity contribution in [3.63, 3.8) is 0 Å². The predicted molar refractivity (Wildman–Crippen MR) is 22.8 cm³/mol. The molecule has 0 aliphatic heterocycles. The van der Waals surface area contributed by atoms with Gasteiger partial charge in [-0.3, -0.25) is 0 Å². The van der Waals surface area contributed by atoms with Crippen LogP contribution in [0.15, 0.2) is 11.3 Å². The maximum absolute atomic E-state index is 8.49. The molecule has 1 heterocycles. The van der Waals surface area contributed by atoms with E-state index in [4.69, 9.17) is 5.11 Å². The minimum atomic E-state index is 0.153. The summed E-state index contributed by atoms with van der Waals surface area (Å²) in [5, 5.41) is 10.2. The van der Waals surface area contributed by atoms with E-state index in [1.54, 1.807) is 5.07 Å². The van der Waals surface area contributed by atoms with Crippen LogP contribution in [0.4, 0.5) is 0 Å². The van der Waals surface area contributed by atoms with Gasteiger partial charge in [0.15, 0.2) is 0 Å². The Balaban J connectivity index is 3.05. The Morgan fingerprint density at radius 2 is 2.67 bits per heavy atom. The Morgan fingerprint density at radius 3 is 2.83 bits per heavy atom. The van der Waals surface area contributed by atoms with Crippen molar-refractivity contribution in [2.45, 2.75) is 0 Å². The van der Waals surface area contributed by atoms with Crippen LogP contribution in [0.2, 0.25) is 0 Å². The van der Waals surface area contributed by atoms with Gasteiger partial charge < -0.3 is 0 Å². The molecular formula is C3H3NOSe. The SMILES string of the molecule is Oc1cnc[se]1. The van der Waals surface area contributed by atoms with Gasteiger partial charge in [0, 0.05) is 0 Å². The Kier molecular flexibility index (Phi) is 0.945. The van der Waals surface area contributed by atoms with Gasteiger partial charge in [-0.15, -0.1) is 0 Å². The number of aromatic hydroxyl groups is 1. The third kappa shape index (κ3) is 0.614. The molecule has 0 aliphatic carbocycles. The average molecular weight is 148 g/mol. The monoisotopic (exact) mass is 149 g/mol. The molecule has 2 nitrogen and oxygen atoms in total. The van der Waals surface area contributed by atoms with Crippen LogP contribution < -0.4 is 0 Å². The number of rotatable bonds is 0. The normalized spacial score (nSPS) is 8.67. The van der Waals surface area contributed by atoms with E-state index in [9.17, 15) is 0 Å². The first-order valence-corrected chi connectivity index (χ1v) is 3.31. The second-order valence-corrected chi connectivity index (χ2v) is 2.65. The van der Waals surface area contributed by atoms with Crippen molar-refractivity contribution < 1.29 is 5.11 Å². The first kappa shape index (κ1) is 3.90. The van der Waals surface area contributed by atoms with Gasteiger partial charge in [-0.25, -0.2) is 0 Å². The van der Waals surface area contributed by atoms with Gasteiger partial charge >= 0.3 is 40.5 Å². The van der Waals surface area contributed by atoms with E-state index in [2.05, 4.69) is 4.98 Å². The quantitative estimate of drug-likeness (QED) is 0.518. The van der Waals surface area contributed by atoms with Gasteiger partial charge in [0.25, 0.3) is 0 Å². The van der Waals surface area contributed by atoms with E-state index < -0.39 is 0 Å². The summed E-state index contributed by atoms with van der Waals surface area (Å²) in [5.74, 6) is 0. The van der Waals surface area contributed by atoms with E-state index in [-0.39, 0.29) is 14.5 Å². The van der Waals surface area contributed by atoms with Crippen molar-refractivity contribution in [2.75, 3.05) is 0 Å². The fourth-order valence-electron chi connectivity index (χ4n) is 0.209. The molecule has 1 rings (SSSR count). The fraction of sp³-hybridized carbons (Fsp3) is 0. The van der Waals surface area contributed by atoms with Crippen LogP contribution >= 0.6 is 0 Å². The number of aromatic nitrogens is 1. The van der Waals surface area contributed by atoms with Gasteiger partial charge in [-0.05, 0) is 0 Å². The first-order chi connectivity index (χ1) is 2.89. The summed E-state index contributed by atoms with van der Waals surface area (Å²) in [6, 6.07) is 0. The minimum absolute atomic E-state index is 0.153. The van der Waals surface area contributed by atoms with Gasteiger partial charge in [-0.2, -0.15) is 0 Å². The Bertz CT molecular complexity index is 114. The zero-order valence-corrected chi connectivity index (χ0v) is 4.67. The molecule has 0 aromatic carbocycles. The number of hydrogen-bond acceptors (Lipinski definition) is 2. The van der Waals surface area contributed by atoms with Crippen LogP contribution in [0, 0.1) is 0 Å². The topological polar surface area (TPSA) is 33.1 Å². The van der Waals surface area contributed by atoms with Crippen LogP contribution in [-0.4, -0.2) is 24.6 Å². The van der Waals surface area contributed by atoms with Crippen LogP contribution in [0.5, 0.6) is 4.62 Å².